The molecule has 0 aliphatic carbocycles. The SMILES string of the molecule is NC(=O)n1c[c]c2cc(-c3ccc(C=O)cc3)cnc21. The minimum absolute atomic E-state index is 0.478. The molecule has 1 amide bonds. The van der Waals surface area contributed by atoms with Gasteiger partial charge in [-0.15, -0.1) is 0 Å². The van der Waals surface area contributed by atoms with Gasteiger partial charge in [0.15, 0.2) is 0 Å². The molecule has 97 valence electrons. The van der Waals surface area contributed by atoms with E-state index in [0.29, 0.717) is 16.6 Å². The number of pyridine rings is 1. The number of benzene rings is 1. The Balaban J connectivity index is 2.08. The molecule has 0 saturated carbocycles. The maximum atomic E-state index is 11.2. The number of fused-ring (bicyclic) bond motifs is 1. The lowest BCUT2D eigenvalue weighted by Gasteiger charge is -2.03. The van der Waals surface area contributed by atoms with Crippen molar-refractivity contribution in [2.75, 3.05) is 0 Å². The number of hydrogen-bond donors (Lipinski definition) is 1. The molecule has 0 aliphatic rings. The molecule has 0 spiro atoms. The fourth-order valence-corrected chi connectivity index (χ4v) is 2.03. The summed E-state index contributed by atoms with van der Waals surface area (Å²) in [4.78, 5) is 26.1. The average molecular weight is 264 g/mol. The standard InChI is InChI=1S/C15H10N3O2/c16-15(20)18-6-5-12-7-13(8-17-14(12)18)11-3-1-10(9-19)2-4-11/h1-4,6-9H,(H2,16,20). The zero-order valence-corrected chi connectivity index (χ0v) is 10.4. The number of hydrogen-bond acceptors (Lipinski definition) is 3. The highest BCUT2D eigenvalue weighted by molar-refractivity contribution is 5.90. The molecule has 2 N–H and O–H groups in total. The molecule has 0 aliphatic heterocycles. The Labute approximate surface area is 114 Å². The summed E-state index contributed by atoms with van der Waals surface area (Å²) in [7, 11) is 0. The number of rotatable bonds is 2. The van der Waals surface area contributed by atoms with Crippen molar-refractivity contribution < 1.29 is 9.59 Å². The lowest BCUT2D eigenvalue weighted by atomic mass is 10.1. The van der Waals surface area contributed by atoms with Gasteiger partial charge in [0.2, 0.25) is 0 Å². The van der Waals surface area contributed by atoms with Crippen molar-refractivity contribution in [1.82, 2.24) is 9.55 Å². The number of carbonyl (C=O) groups excluding carboxylic acids is 2. The molecule has 5 heteroatoms. The number of carbonyl (C=O) groups is 2. The summed E-state index contributed by atoms with van der Waals surface area (Å²) in [6, 6.07) is 11.4. The molecule has 2 aromatic heterocycles. The molecule has 0 atom stereocenters. The van der Waals surface area contributed by atoms with Gasteiger partial charge < -0.3 is 5.73 Å². The van der Waals surface area contributed by atoms with Crippen LogP contribution in [0.1, 0.15) is 10.4 Å². The number of nitrogens with zero attached hydrogens (tertiary/aromatic N) is 2. The van der Waals surface area contributed by atoms with Crippen molar-refractivity contribution in [2.24, 2.45) is 5.73 Å². The predicted octanol–water partition coefficient (Wildman–Crippen LogP) is 2.24. The zero-order chi connectivity index (χ0) is 14.1. The van der Waals surface area contributed by atoms with Crippen molar-refractivity contribution in [1.29, 1.82) is 0 Å². The van der Waals surface area contributed by atoms with Crippen LogP contribution in [-0.4, -0.2) is 21.9 Å². The van der Waals surface area contributed by atoms with E-state index in [-0.39, 0.29) is 0 Å². The van der Waals surface area contributed by atoms with Crippen molar-refractivity contribution in [2.45, 2.75) is 0 Å². The number of primary amides is 1. The largest absolute Gasteiger partial charge is 0.351 e. The molecule has 3 rings (SSSR count). The highest BCUT2D eigenvalue weighted by Crippen LogP contribution is 2.23. The van der Waals surface area contributed by atoms with Gasteiger partial charge in [0.1, 0.15) is 11.9 Å². The van der Waals surface area contributed by atoms with Gasteiger partial charge in [0.05, 0.1) is 0 Å². The van der Waals surface area contributed by atoms with Crippen LogP contribution in [0.25, 0.3) is 22.2 Å². The molecule has 0 bridgehead atoms. The first-order chi connectivity index (χ1) is 9.69. The van der Waals surface area contributed by atoms with E-state index < -0.39 is 6.03 Å². The van der Waals surface area contributed by atoms with E-state index >= 15 is 0 Å². The summed E-state index contributed by atoms with van der Waals surface area (Å²) >= 11 is 0. The molecule has 0 fully saturated rings. The fraction of sp³-hybridized carbons (Fsp3) is 0. The molecule has 20 heavy (non-hydrogen) atoms. The van der Waals surface area contributed by atoms with Crippen LogP contribution in [0.15, 0.2) is 42.7 Å². The van der Waals surface area contributed by atoms with E-state index in [0.717, 1.165) is 17.4 Å². The van der Waals surface area contributed by atoms with Crippen molar-refractivity contribution in [3.63, 3.8) is 0 Å². The third-order valence-electron chi connectivity index (χ3n) is 3.06. The van der Waals surface area contributed by atoms with Gasteiger partial charge in [-0.3, -0.25) is 9.36 Å². The molecular weight excluding hydrogens is 254 g/mol. The van der Waals surface area contributed by atoms with E-state index in [4.69, 9.17) is 5.73 Å². The van der Waals surface area contributed by atoms with E-state index in [1.165, 1.54) is 10.8 Å². The lowest BCUT2D eigenvalue weighted by Crippen LogP contribution is -2.18. The first kappa shape index (κ1) is 12.1. The molecule has 3 aromatic rings. The van der Waals surface area contributed by atoms with Crippen LogP contribution in [0.3, 0.4) is 0 Å². The van der Waals surface area contributed by atoms with E-state index in [1.54, 1.807) is 18.3 Å². The van der Waals surface area contributed by atoms with Crippen LogP contribution in [0.2, 0.25) is 0 Å². The van der Waals surface area contributed by atoms with Gasteiger partial charge in [-0.2, -0.15) is 0 Å². The van der Waals surface area contributed by atoms with Crippen LogP contribution >= 0.6 is 0 Å². The summed E-state index contributed by atoms with van der Waals surface area (Å²) in [5.41, 5.74) is 8.15. The number of aldehydes is 1. The first-order valence-electron chi connectivity index (χ1n) is 5.93. The number of nitrogens with two attached hydrogens (primary N) is 1. The summed E-state index contributed by atoms with van der Waals surface area (Å²) in [6.45, 7) is 0. The second-order valence-electron chi connectivity index (χ2n) is 4.32. The van der Waals surface area contributed by atoms with Gasteiger partial charge in [0.25, 0.3) is 0 Å². The van der Waals surface area contributed by atoms with Gasteiger partial charge in [0, 0.05) is 35.0 Å². The van der Waals surface area contributed by atoms with Gasteiger partial charge in [-0.1, -0.05) is 24.3 Å². The Bertz CT molecular complexity index is 804. The molecule has 1 aromatic carbocycles. The van der Waals surface area contributed by atoms with E-state index in [9.17, 15) is 9.59 Å². The summed E-state index contributed by atoms with van der Waals surface area (Å²) < 4.78 is 1.24. The lowest BCUT2D eigenvalue weighted by molar-refractivity contribution is 0.112. The molecule has 2 heterocycles. The minimum atomic E-state index is -0.591. The van der Waals surface area contributed by atoms with Crippen molar-refractivity contribution >= 4 is 23.4 Å². The van der Waals surface area contributed by atoms with Crippen LogP contribution in [0.5, 0.6) is 0 Å². The van der Waals surface area contributed by atoms with Gasteiger partial charge in [-0.25, -0.2) is 9.78 Å². The van der Waals surface area contributed by atoms with Gasteiger partial charge >= 0.3 is 6.03 Å². The van der Waals surface area contributed by atoms with E-state index in [2.05, 4.69) is 11.1 Å². The number of amides is 1. The maximum absolute atomic E-state index is 11.2. The predicted molar refractivity (Wildman–Crippen MR) is 74.4 cm³/mol. The molecule has 5 nitrogen and oxygen atoms in total. The van der Waals surface area contributed by atoms with Crippen LogP contribution in [0.4, 0.5) is 4.79 Å². The highest BCUT2D eigenvalue weighted by Gasteiger charge is 2.08. The van der Waals surface area contributed by atoms with Gasteiger partial charge in [-0.05, 0) is 11.6 Å². The second kappa shape index (κ2) is 4.62. The van der Waals surface area contributed by atoms with Crippen molar-refractivity contribution in [3.05, 3.63) is 54.4 Å². The first-order valence-corrected chi connectivity index (χ1v) is 5.93. The Morgan fingerprint density at radius 3 is 2.65 bits per heavy atom. The Morgan fingerprint density at radius 1 is 1.25 bits per heavy atom. The smallest absolute Gasteiger partial charge is 0.324 e. The van der Waals surface area contributed by atoms with Crippen molar-refractivity contribution in [3.8, 4) is 11.1 Å². The van der Waals surface area contributed by atoms with Crippen LogP contribution in [-0.2, 0) is 0 Å². The van der Waals surface area contributed by atoms with Crippen LogP contribution in [0, 0.1) is 6.07 Å². The quantitative estimate of drug-likeness (QED) is 0.721. The molecule has 1 radical (unpaired) electrons. The molecular formula is C15H10N3O2. The van der Waals surface area contributed by atoms with Crippen LogP contribution < -0.4 is 5.73 Å². The maximum Gasteiger partial charge on any atom is 0.324 e. The normalized spacial score (nSPS) is 10.6. The molecule has 0 unspecified atom stereocenters. The number of aromatic nitrogens is 2. The zero-order valence-electron chi connectivity index (χ0n) is 10.4. The third-order valence-corrected chi connectivity index (χ3v) is 3.06. The van der Waals surface area contributed by atoms with E-state index in [1.807, 2.05) is 18.2 Å². The minimum Gasteiger partial charge on any atom is -0.351 e. The third kappa shape index (κ3) is 1.95. The average Bonchev–Trinajstić information content (AvgIpc) is 2.90. The Hall–Kier alpha value is -2.95. The monoisotopic (exact) mass is 264 g/mol. The summed E-state index contributed by atoms with van der Waals surface area (Å²) in [6.07, 6.45) is 3.93. The summed E-state index contributed by atoms with van der Waals surface area (Å²) in [5, 5.41) is 0.709. The Kier molecular flexibility index (Phi) is 2.80. The second-order valence-corrected chi connectivity index (χ2v) is 4.32. The fourth-order valence-electron chi connectivity index (χ4n) is 2.03. The topological polar surface area (TPSA) is 78.0 Å². The highest BCUT2D eigenvalue weighted by atomic mass is 16.2. The summed E-state index contributed by atoms with van der Waals surface area (Å²) in [5.74, 6) is 0. The Morgan fingerprint density at radius 2 is 2.00 bits per heavy atom. The molecule has 0 saturated heterocycles.